The lowest BCUT2D eigenvalue weighted by molar-refractivity contribution is -0.693. The van der Waals surface area contributed by atoms with Gasteiger partial charge in [-0.15, -0.1) is 0 Å². The van der Waals surface area contributed by atoms with Gasteiger partial charge in [0, 0.05) is 18.2 Å². The van der Waals surface area contributed by atoms with Crippen LogP contribution < -0.4 is 28.5 Å². The van der Waals surface area contributed by atoms with Crippen LogP contribution in [0.2, 0.25) is 0 Å². The fraction of sp³-hybridized carbons (Fsp3) is 0.143. The minimum absolute atomic E-state index is 0. The Morgan fingerprint density at radius 3 is 2.90 bits per heavy atom. The summed E-state index contributed by atoms with van der Waals surface area (Å²) < 4.78 is 7.65. The molecular weight excluding hydrogens is 385 g/mol. The van der Waals surface area contributed by atoms with E-state index < -0.39 is 4.92 Å². The number of nitro benzene ring substituents is 1. The van der Waals surface area contributed by atoms with Crippen molar-refractivity contribution in [2.45, 2.75) is 13.5 Å². The van der Waals surface area contributed by atoms with Crippen molar-refractivity contribution in [3.8, 4) is 11.5 Å². The number of nitrogens with zero attached hydrogens (tertiary/aromatic N) is 3. The molecule has 0 bridgehead atoms. The first-order valence-electron chi connectivity index (χ1n) is 6.22. The van der Waals surface area contributed by atoms with Gasteiger partial charge in [0.15, 0.2) is 18.0 Å². The van der Waals surface area contributed by atoms with Gasteiger partial charge in [0.05, 0.1) is 4.92 Å². The number of halogens is 1. The van der Waals surface area contributed by atoms with Crippen molar-refractivity contribution in [2.24, 2.45) is 0 Å². The number of benzene rings is 1. The summed E-state index contributed by atoms with van der Waals surface area (Å²) in [5, 5.41) is 10.7. The van der Waals surface area contributed by atoms with Gasteiger partial charge in [0.25, 0.3) is 5.69 Å². The third-order valence-corrected chi connectivity index (χ3v) is 3.05. The van der Waals surface area contributed by atoms with E-state index in [-0.39, 0.29) is 29.7 Å². The molecule has 108 valence electrons. The third-order valence-electron chi connectivity index (χ3n) is 3.05. The molecule has 0 aliphatic rings. The van der Waals surface area contributed by atoms with Crippen LogP contribution in [0.5, 0.6) is 0 Å². The zero-order valence-corrected chi connectivity index (χ0v) is 13.4. The van der Waals surface area contributed by atoms with Crippen molar-refractivity contribution in [3.63, 3.8) is 0 Å². The maximum Gasteiger partial charge on any atom is 0.271 e. The van der Waals surface area contributed by atoms with Crippen molar-refractivity contribution in [1.29, 1.82) is 0 Å². The number of oxazole rings is 1. The molecule has 0 atom stereocenters. The molecular formula is C14H12IN3O3. The van der Waals surface area contributed by atoms with Gasteiger partial charge in [-0.3, -0.25) is 10.1 Å². The molecule has 6 nitrogen and oxygen atoms in total. The van der Waals surface area contributed by atoms with E-state index in [0.29, 0.717) is 17.0 Å². The van der Waals surface area contributed by atoms with Crippen LogP contribution in [0.15, 0.2) is 47.1 Å². The second-order valence-electron chi connectivity index (χ2n) is 4.35. The average molecular weight is 397 g/mol. The van der Waals surface area contributed by atoms with E-state index in [1.54, 1.807) is 6.07 Å². The first kappa shape index (κ1) is 15.4. The second-order valence-corrected chi connectivity index (χ2v) is 4.35. The number of hydrogen-bond acceptors (Lipinski definition) is 4. The molecule has 0 amide bonds. The van der Waals surface area contributed by atoms with Crippen molar-refractivity contribution in [3.05, 3.63) is 52.8 Å². The number of aryl methyl sites for hydroxylation is 1. The minimum Gasteiger partial charge on any atom is -1.00 e. The maximum atomic E-state index is 10.7. The molecule has 2 aromatic heterocycles. The van der Waals surface area contributed by atoms with Gasteiger partial charge in [-0.2, -0.15) is 0 Å². The molecule has 0 radical (unpaired) electrons. The van der Waals surface area contributed by atoms with Gasteiger partial charge < -0.3 is 28.4 Å². The Labute approximate surface area is 137 Å². The first-order valence-corrected chi connectivity index (χ1v) is 6.22. The summed E-state index contributed by atoms with van der Waals surface area (Å²) in [4.78, 5) is 14.6. The molecule has 0 fully saturated rings. The summed E-state index contributed by atoms with van der Waals surface area (Å²) in [6.45, 7) is 2.89. The molecule has 21 heavy (non-hydrogen) atoms. The van der Waals surface area contributed by atoms with Crippen molar-refractivity contribution in [2.75, 3.05) is 0 Å². The molecule has 7 heteroatoms. The normalized spacial score (nSPS) is 10.3. The SMILES string of the molecule is CC[n+]1cccc(-c2nc3cc([N+](=O)[O-])ccc3o2)c1.[I-]. The van der Waals surface area contributed by atoms with E-state index in [4.69, 9.17) is 4.42 Å². The Hall–Kier alpha value is -2.03. The molecule has 3 rings (SSSR count). The van der Waals surface area contributed by atoms with Crippen LogP contribution >= 0.6 is 0 Å². The Bertz CT molecular complexity index is 801. The van der Waals surface area contributed by atoms with E-state index in [1.807, 2.05) is 36.0 Å². The highest BCUT2D eigenvalue weighted by molar-refractivity contribution is 5.78. The maximum absolute atomic E-state index is 10.7. The first-order chi connectivity index (χ1) is 9.67. The molecule has 2 heterocycles. The van der Waals surface area contributed by atoms with E-state index in [2.05, 4.69) is 4.98 Å². The van der Waals surface area contributed by atoms with Crippen molar-refractivity contribution in [1.82, 2.24) is 4.98 Å². The van der Waals surface area contributed by atoms with Crippen molar-refractivity contribution < 1.29 is 37.9 Å². The van der Waals surface area contributed by atoms with E-state index >= 15 is 0 Å². The number of hydrogen-bond donors (Lipinski definition) is 0. The van der Waals surface area contributed by atoms with Crippen LogP contribution in [0.1, 0.15) is 6.92 Å². The van der Waals surface area contributed by atoms with Gasteiger partial charge in [-0.05, 0) is 19.1 Å². The zero-order valence-electron chi connectivity index (χ0n) is 11.2. The van der Waals surface area contributed by atoms with Crippen LogP contribution in [0.3, 0.4) is 0 Å². The van der Waals surface area contributed by atoms with Gasteiger partial charge in [0.1, 0.15) is 17.6 Å². The van der Waals surface area contributed by atoms with Crippen LogP contribution in [0.4, 0.5) is 5.69 Å². The van der Waals surface area contributed by atoms with Crippen LogP contribution in [-0.4, -0.2) is 9.91 Å². The van der Waals surface area contributed by atoms with Gasteiger partial charge in [-0.25, -0.2) is 9.55 Å². The number of non-ortho nitro benzene ring substituents is 1. The molecule has 0 saturated heterocycles. The largest absolute Gasteiger partial charge is 1.00 e. The lowest BCUT2D eigenvalue weighted by atomic mass is 10.3. The summed E-state index contributed by atoms with van der Waals surface area (Å²) in [5.41, 5.74) is 1.88. The van der Waals surface area contributed by atoms with Crippen molar-refractivity contribution >= 4 is 16.8 Å². The molecule has 0 unspecified atom stereocenters. The summed E-state index contributed by atoms with van der Waals surface area (Å²) in [5.74, 6) is 0.461. The number of pyridine rings is 1. The van der Waals surface area contributed by atoms with Gasteiger partial charge in [0.2, 0.25) is 5.89 Å². The topological polar surface area (TPSA) is 73.0 Å². The van der Waals surface area contributed by atoms with Gasteiger partial charge >= 0.3 is 0 Å². The number of nitro groups is 1. The van der Waals surface area contributed by atoms with Crippen LogP contribution in [0, 0.1) is 10.1 Å². The summed E-state index contributed by atoms with van der Waals surface area (Å²) in [6.07, 6.45) is 3.89. The third kappa shape index (κ3) is 3.02. The fourth-order valence-corrected chi connectivity index (χ4v) is 2.00. The second kappa shape index (κ2) is 6.17. The lowest BCUT2D eigenvalue weighted by Crippen LogP contribution is -3.00. The Morgan fingerprint density at radius 2 is 2.19 bits per heavy atom. The molecule has 0 spiro atoms. The minimum atomic E-state index is -0.443. The molecule has 0 aliphatic heterocycles. The quantitative estimate of drug-likeness (QED) is 0.264. The molecule has 0 saturated carbocycles. The molecule has 3 aromatic rings. The fourth-order valence-electron chi connectivity index (χ4n) is 2.00. The van der Waals surface area contributed by atoms with E-state index in [9.17, 15) is 10.1 Å². The van der Waals surface area contributed by atoms with E-state index in [0.717, 1.165) is 12.1 Å². The molecule has 0 N–H and O–H groups in total. The molecule has 1 aromatic carbocycles. The smallest absolute Gasteiger partial charge is 0.271 e. The Kier molecular flexibility index (Phi) is 4.51. The highest BCUT2D eigenvalue weighted by Gasteiger charge is 2.14. The predicted molar refractivity (Wildman–Crippen MR) is 72.0 cm³/mol. The number of rotatable bonds is 3. The Balaban J connectivity index is 0.00000161. The summed E-state index contributed by atoms with van der Waals surface area (Å²) >= 11 is 0. The average Bonchev–Trinajstić information content (AvgIpc) is 2.90. The lowest BCUT2D eigenvalue weighted by Gasteiger charge is -1.94. The van der Waals surface area contributed by atoms with Crippen LogP contribution in [-0.2, 0) is 6.54 Å². The summed E-state index contributed by atoms with van der Waals surface area (Å²) in [7, 11) is 0. The summed E-state index contributed by atoms with van der Waals surface area (Å²) in [6, 6.07) is 8.20. The van der Waals surface area contributed by atoms with Crippen LogP contribution in [0.25, 0.3) is 22.6 Å². The predicted octanol–water partition coefficient (Wildman–Crippen LogP) is -0.286. The standard InChI is InChI=1S/C14H12N3O3.HI/c1-2-16-7-3-4-10(9-16)14-15-12-8-11(17(18)19)5-6-13(12)20-14;/h3-9H,2H2,1H3;1H/q+1;/p-1. The number of fused-ring (bicyclic) bond motifs is 1. The molecule has 0 aliphatic carbocycles. The zero-order chi connectivity index (χ0) is 14.1. The number of aromatic nitrogens is 2. The van der Waals surface area contributed by atoms with Gasteiger partial charge in [-0.1, -0.05) is 0 Å². The highest BCUT2D eigenvalue weighted by Crippen LogP contribution is 2.26. The Morgan fingerprint density at radius 1 is 1.38 bits per heavy atom. The van der Waals surface area contributed by atoms with E-state index in [1.165, 1.54) is 12.1 Å². The highest BCUT2D eigenvalue weighted by atomic mass is 127. The monoisotopic (exact) mass is 397 g/mol.